The fourth-order valence-corrected chi connectivity index (χ4v) is 4.27. The van der Waals surface area contributed by atoms with Crippen LogP contribution in [-0.2, 0) is 10.0 Å². The Bertz CT molecular complexity index is 545. The molecule has 1 aromatic rings. The van der Waals surface area contributed by atoms with Gasteiger partial charge in [0.05, 0.1) is 0 Å². The number of hydrogen-bond acceptors (Lipinski definition) is 4. The van der Waals surface area contributed by atoms with Crippen LogP contribution in [0.15, 0.2) is 23.2 Å². The third-order valence-corrected chi connectivity index (χ3v) is 5.49. The molecule has 1 heterocycles. The molecule has 0 radical (unpaired) electrons. The highest BCUT2D eigenvalue weighted by Crippen LogP contribution is 2.25. The fourth-order valence-electron chi connectivity index (χ4n) is 2.73. The molecule has 2 atom stereocenters. The summed E-state index contributed by atoms with van der Waals surface area (Å²) in [5, 5.41) is 2.83. The van der Waals surface area contributed by atoms with Gasteiger partial charge in [-0.2, -0.15) is 0 Å². The number of anilines is 1. The van der Waals surface area contributed by atoms with E-state index in [1.807, 2.05) is 0 Å². The normalized spacial score (nSPS) is 24.1. The van der Waals surface area contributed by atoms with E-state index in [0.29, 0.717) is 11.7 Å². The molecular weight excluding hydrogens is 274 g/mol. The summed E-state index contributed by atoms with van der Waals surface area (Å²) in [6.45, 7) is 2.13. The Morgan fingerprint density at radius 1 is 1.25 bits per heavy atom. The SMILES string of the molecule is CNc1ncccc1S(=O)(=O)NC1CCCCCC1C. The summed E-state index contributed by atoms with van der Waals surface area (Å²) in [5.74, 6) is 0.767. The van der Waals surface area contributed by atoms with Crippen molar-refractivity contribution in [2.75, 3.05) is 12.4 Å². The van der Waals surface area contributed by atoms with Crippen molar-refractivity contribution in [1.29, 1.82) is 0 Å². The topological polar surface area (TPSA) is 71.1 Å². The van der Waals surface area contributed by atoms with Crippen LogP contribution < -0.4 is 10.0 Å². The number of aromatic nitrogens is 1. The lowest BCUT2D eigenvalue weighted by atomic mass is 9.98. The molecule has 20 heavy (non-hydrogen) atoms. The largest absolute Gasteiger partial charge is 0.372 e. The Labute approximate surface area is 121 Å². The van der Waals surface area contributed by atoms with Crippen LogP contribution in [0.25, 0.3) is 0 Å². The molecule has 0 aromatic carbocycles. The molecule has 0 saturated heterocycles. The van der Waals surface area contributed by atoms with E-state index in [2.05, 4.69) is 21.9 Å². The summed E-state index contributed by atoms with van der Waals surface area (Å²) < 4.78 is 28.0. The summed E-state index contributed by atoms with van der Waals surface area (Å²) in [6.07, 6.45) is 7.04. The summed E-state index contributed by atoms with van der Waals surface area (Å²) in [5.41, 5.74) is 0. The van der Waals surface area contributed by atoms with Crippen LogP contribution in [0.2, 0.25) is 0 Å². The minimum absolute atomic E-state index is 0.0208. The van der Waals surface area contributed by atoms with Gasteiger partial charge >= 0.3 is 0 Å². The van der Waals surface area contributed by atoms with Gasteiger partial charge in [0.25, 0.3) is 0 Å². The zero-order valence-corrected chi connectivity index (χ0v) is 12.9. The average molecular weight is 297 g/mol. The first-order valence-corrected chi connectivity index (χ1v) is 8.68. The molecule has 2 N–H and O–H groups in total. The van der Waals surface area contributed by atoms with Crippen molar-refractivity contribution >= 4 is 15.8 Å². The minimum atomic E-state index is -3.53. The van der Waals surface area contributed by atoms with Gasteiger partial charge in [-0.15, -0.1) is 0 Å². The Hall–Kier alpha value is -1.14. The second-order valence-electron chi connectivity index (χ2n) is 5.44. The lowest BCUT2D eigenvalue weighted by Crippen LogP contribution is -2.39. The second-order valence-corrected chi connectivity index (χ2v) is 7.13. The zero-order chi connectivity index (χ0) is 14.6. The van der Waals surface area contributed by atoms with Crippen molar-refractivity contribution in [3.63, 3.8) is 0 Å². The molecule has 1 aliphatic rings. The zero-order valence-electron chi connectivity index (χ0n) is 12.1. The Morgan fingerprint density at radius 2 is 2.00 bits per heavy atom. The average Bonchev–Trinajstić information content (AvgIpc) is 2.64. The van der Waals surface area contributed by atoms with Crippen LogP contribution >= 0.6 is 0 Å². The number of nitrogens with zero attached hydrogens (tertiary/aromatic N) is 1. The first kappa shape index (κ1) is 15.3. The number of hydrogen-bond donors (Lipinski definition) is 2. The Morgan fingerprint density at radius 3 is 2.75 bits per heavy atom. The van der Waals surface area contributed by atoms with Gasteiger partial charge in [0.1, 0.15) is 10.7 Å². The van der Waals surface area contributed by atoms with Crippen LogP contribution in [0, 0.1) is 5.92 Å². The number of pyridine rings is 1. The van der Waals surface area contributed by atoms with E-state index in [1.165, 1.54) is 12.8 Å². The van der Waals surface area contributed by atoms with E-state index in [4.69, 9.17) is 0 Å². The molecule has 112 valence electrons. The predicted octanol–water partition coefficient (Wildman–Crippen LogP) is 2.37. The van der Waals surface area contributed by atoms with E-state index < -0.39 is 10.0 Å². The molecule has 0 amide bonds. The summed E-state index contributed by atoms with van der Waals surface area (Å²) in [7, 11) is -1.85. The lowest BCUT2D eigenvalue weighted by molar-refractivity contribution is 0.399. The molecule has 6 heteroatoms. The van der Waals surface area contributed by atoms with Gasteiger partial charge in [-0.3, -0.25) is 0 Å². The molecule has 2 unspecified atom stereocenters. The highest BCUT2D eigenvalue weighted by Gasteiger charge is 2.27. The first-order chi connectivity index (χ1) is 9.54. The van der Waals surface area contributed by atoms with Gasteiger partial charge in [-0.25, -0.2) is 18.1 Å². The van der Waals surface area contributed by atoms with Crippen LogP contribution in [0.1, 0.15) is 39.0 Å². The van der Waals surface area contributed by atoms with Crippen molar-refractivity contribution in [2.45, 2.75) is 50.0 Å². The number of rotatable bonds is 4. The number of sulfonamides is 1. The molecule has 0 aliphatic heterocycles. The van der Waals surface area contributed by atoms with E-state index in [-0.39, 0.29) is 10.9 Å². The maximum atomic E-state index is 12.5. The molecule has 1 aliphatic carbocycles. The molecule has 5 nitrogen and oxygen atoms in total. The van der Waals surface area contributed by atoms with Crippen molar-refractivity contribution in [1.82, 2.24) is 9.71 Å². The molecule has 1 fully saturated rings. The van der Waals surface area contributed by atoms with Crippen molar-refractivity contribution in [2.24, 2.45) is 5.92 Å². The van der Waals surface area contributed by atoms with E-state index in [0.717, 1.165) is 19.3 Å². The second kappa shape index (κ2) is 6.54. The van der Waals surface area contributed by atoms with Crippen LogP contribution in [0.5, 0.6) is 0 Å². The number of nitrogens with one attached hydrogen (secondary N) is 2. The summed E-state index contributed by atoms with van der Waals surface area (Å²) in [6, 6.07) is 3.25. The van der Waals surface area contributed by atoms with Crippen LogP contribution in [0.4, 0.5) is 5.82 Å². The van der Waals surface area contributed by atoms with Crippen molar-refractivity contribution in [3.8, 4) is 0 Å². The molecule has 0 spiro atoms. The van der Waals surface area contributed by atoms with Gasteiger partial charge in [0.2, 0.25) is 10.0 Å². The summed E-state index contributed by atoms with van der Waals surface area (Å²) in [4.78, 5) is 4.29. The van der Waals surface area contributed by atoms with E-state index >= 15 is 0 Å². The highest BCUT2D eigenvalue weighted by atomic mass is 32.2. The molecule has 1 aromatic heterocycles. The Kier molecular flexibility index (Phi) is 4.99. The summed E-state index contributed by atoms with van der Waals surface area (Å²) >= 11 is 0. The molecule has 1 saturated carbocycles. The van der Waals surface area contributed by atoms with Gasteiger partial charge in [0, 0.05) is 19.3 Å². The molecular formula is C14H23N3O2S. The molecule has 2 rings (SSSR count). The van der Waals surface area contributed by atoms with Gasteiger partial charge in [0.15, 0.2) is 0 Å². The predicted molar refractivity (Wildman–Crippen MR) is 80.1 cm³/mol. The lowest BCUT2D eigenvalue weighted by Gasteiger charge is -2.23. The van der Waals surface area contributed by atoms with Gasteiger partial charge in [-0.05, 0) is 30.9 Å². The maximum absolute atomic E-state index is 12.5. The van der Waals surface area contributed by atoms with E-state index in [9.17, 15) is 8.42 Å². The smallest absolute Gasteiger partial charge is 0.244 e. The monoisotopic (exact) mass is 297 g/mol. The minimum Gasteiger partial charge on any atom is -0.372 e. The quantitative estimate of drug-likeness (QED) is 0.837. The first-order valence-electron chi connectivity index (χ1n) is 7.19. The highest BCUT2D eigenvalue weighted by molar-refractivity contribution is 7.89. The fraction of sp³-hybridized carbons (Fsp3) is 0.643. The third-order valence-electron chi connectivity index (χ3n) is 3.97. The van der Waals surface area contributed by atoms with Crippen molar-refractivity contribution in [3.05, 3.63) is 18.3 Å². The van der Waals surface area contributed by atoms with Crippen LogP contribution in [-0.4, -0.2) is 26.5 Å². The third kappa shape index (κ3) is 3.49. The van der Waals surface area contributed by atoms with E-state index in [1.54, 1.807) is 25.4 Å². The standard InChI is InChI=1S/C14H23N3O2S/c1-11-7-4-3-5-8-12(11)17-20(18,19)13-9-6-10-16-14(13)15-2/h6,9-12,17H,3-5,7-8H2,1-2H3,(H,15,16). The van der Waals surface area contributed by atoms with Gasteiger partial charge in [-0.1, -0.05) is 26.2 Å². The van der Waals surface area contributed by atoms with Crippen LogP contribution in [0.3, 0.4) is 0 Å². The molecule has 0 bridgehead atoms. The van der Waals surface area contributed by atoms with Crippen molar-refractivity contribution < 1.29 is 8.42 Å². The Balaban J connectivity index is 2.22. The van der Waals surface area contributed by atoms with Gasteiger partial charge < -0.3 is 5.32 Å². The maximum Gasteiger partial charge on any atom is 0.244 e.